The lowest BCUT2D eigenvalue weighted by Crippen LogP contribution is -2.26. The van der Waals surface area contributed by atoms with E-state index in [0.29, 0.717) is 0 Å². The van der Waals surface area contributed by atoms with E-state index in [-0.39, 0.29) is 11.5 Å². The first-order valence-electron chi connectivity index (χ1n) is 7.26. The highest BCUT2D eigenvalue weighted by atomic mass is 16.5. The molecule has 2 aromatic rings. The summed E-state index contributed by atoms with van der Waals surface area (Å²) in [6.07, 6.45) is 4.72. The molecule has 1 N–H and O–H groups in total. The lowest BCUT2D eigenvalue weighted by molar-refractivity contribution is 0.410. The van der Waals surface area contributed by atoms with Gasteiger partial charge in [0.05, 0.1) is 13.2 Å². The van der Waals surface area contributed by atoms with Crippen LogP contribution in [-0.2, 0) is 6.54 Å². The van der Waals surface area contributed by atoms with E-state index in [1.54, 1.807) is 19.2 Å². The molecule has 1 heterocycles. The van der Waals surface area contributed by atoms with Gasteiger partial charge in [0.1, 0.15) is 5.75 Å². The number of nitrogens with zero attached hydrogens (tertiary/aromatic N) is 1. The van der Waals surface area contributed by atoms with Gasteiger partial charge >= 0.3 is 0 Å². The van der Waals surface area contributed by atoms with E-state index in [2.05, 4.69) is 24.4 Å². The summed E-state index contributed by atoms with van der Waals surface area (Å²) in [5.74, 6) is 0.857. The maximum Gasteiger partial charge on any atom is 0.181 e. The quantitative estimate of drug-likeness (QED) is 0.851. The first-order valence-corrected chi connectivity index (χ1v) is 7.26. The lowest BCUT2D eigenvalue weighted by Gasteiger charge is -2.21. The summed E-state index contributed by atoms with van der Waals surface area (Å²) >= 11 is 0. The van der Waals surface area contributed by atoms with Crippen LogP contribution in [0.5, 0.6) is 5.75 Å². The highest BCUT2D eigenvalue weighted by molar-refractivity contribution is 5.30. The Balaban J connectivity index is 2.20. The van der Waals surface area contributed by atoms with Gasteiger partial charge in [0, 0.05) is 31.1 Å². The van der Waals surface area contributed by atoms with Crippen LogP contribution in [0.25, 0.3) is 0 Å². The second kappa shape index (κ2) is 7.64. The summed E-state index contributed by atoms with van der Waals surface area (Å²) in [6.45, 7) is 3.87. The minimum Gasteiger partial charge on any atom is -0.497 e. The summed E-state index contributed by atoms with van der Waals surface area (Å²) in [7, 11) is 1.68. The molecule has 0 spiro atoms. The third kappa shape index (κ3) is 4.46. The zero-order valence-corrected chi connectivity index (χ0v) is 12.6. The molecule has 0 amide bonds. The van der Waals surface area contributed by atoms with Crippen molar-refractivity contribution in [1.82, 2.24) is 9.88 Å². The number of ether oxygens (including phenoxy) is 1. The van der Waals surface area contributed by atoms with Crippen LogP contribution in [0.2, 0.25) is 0 Å². The van der Waals surface area contributed by atoms with E-state index in [1.165, 1.54) is 5.56 Å². The molecule has 0 aliphatic rings. The molecule has 1 aromatic heterocycles. The van der Waals surface area contributed by atoms with Gasteiger partial charge in [0.2, 0.25) is 0 Å². The van der Waals surface area contributed by atoms with Gasteiger partial charge in [0.15, 0.2) is 5.43 Å². The Morgan fingerprint density at radius 2 is 2.00 bits per heavy atom. The summed E-state index contributed by atoms with van der Waals surface area (Å²) in [4.78, 5) is 11.2. The first-order chi connectivity index (χ1) is 10.2. The third-order valence-corrected chi connectivity index (χ3v) is 3.39. The molecular formula is C17H22N2O2. The number of pyridine rings is 1. The predicted octanol–water partition coefficient (Wildman–Crippen LogP) is 2.60. The molecule has 0 aliphatic carbocycles. The van der Waals surface area contributed by atoms with Crippen LogP contribution >= 0.6 is 0 Å². The predicted molar refractivity (Wildman–Crippen MR) is 84.7 cm³/mol. The molecule has 0 radical (unpaired) electrons. The highest BCUT2D eigenvalue weighted by Crippen LogP contribution is 2.20. The van der Waals surface area contributed by atoms with Gasteiger partial charge in [-0.25, -0.2) is 0 Å². The molecule has 2 rings (SSSR count). The van der Waals surface area contributed by atoms with Crippen LogP contribution in [0.15, 0.2) is 53.6 Å². The Morgan fingerprint density at radius 3 is 2.67 bits per heavy atom. The van der Waals surface area contributed by atoms with Crippen molar-refractivity contribution >= 4 is 0 Å². The highest BCUT2D eigenvalue weighted by Gasteiger charge is 2.11. The molecular weight excluding hydrogens is 264 g/mol. The van der Waals surface area contributed by atoms with Gasteiger partial charge in [0.25, 0.3) is 0 Å². The van der Waals surface area contributed by atoms with Gasteiger partial charge in [-0.15, -0.1) is 0 Å². The molecule has 1 atom stereocenters. The summed E-state index contributed by atoms with van der Waals surface area (Å²) in [6, 6.07) is 11.4. The Kier molecular flexibility index (Phi) is 5.58. The Morgan fingerprint density at radius 1 is 1.24 bits per heavy atom. The Labute approximate surface area is 125 Å². The van der Waals surface area contributed by atoms with E-state index in [9.17, 15) is 4.79 Å². The van der Waals surface area contributed by atoms with Crippen molar-refractivity contribution < 1.29 is 4.74 Å². The summed E-state index contributed by atoms with van der Waals surface area (Å²) in [5.41, 5.74) is 1.21. The number of benzene rings is 1. The van der Waals surface area contributed by atoms with Crippen molar-refractivity contribution in [3.8, 4) is 5.75 Å². The molecule has 112 valence electrons. The third-order valence-electron chi connectivity index (χ3n) is 3.39. The van der Waals surface area contributed by atoms with Crippen LogP contribution in [0.1, 0.15) is 24.9 Å². The molecule has 0 bridgehead atoms. The minimum atomic E-state index is 0.0331. The first kappa shape index (κ1) is 15.3. The van der Waals surface area contributed by atoms with E-state index >= 15 is 0 Å². The maximum absolute atomic E-state index is 11.2. The molecule has 0 saturated carbocycles. The lowest BCUT2D eigenvalue weighted by atomic mass is 10.1. The van der Waals surface area contributed by atoms with Crippen molar-refractivity contribution in [2.24, 2.45) is 0 Å². The minimum absolute atomic E-state index is 0.0331. The number of nitrogens with one attached hydrogen (secondary N) is 1. The van der Waals surface area contributed by atoms with E-state index in [4.69, 9.17) is 4.74 Å². The van der Waals surface area contributed by atoms with Crippen LogP contribution < -0.4 is 15.5 Å². The molecule has 1 aromatic carbocycles. The van der Waals surface area contributed by atoms with E-state index in [0.717, 1.165) is 25.3 Å². The zero-order chi connectivity index (χ0) is 15.1. The molecule has 4 nitrogen and oxygen atoms in total. The SMILES string of the molecule is CCCNC(Cn1ccc(=O)cc1)c1cccc(OC)c1. The molecule has 0 saturated heterocycles. The topological polar surface area (TPSA) is 43.3 Å². The number of aromatic nitrogens is 1. The number of rotatable bonds is 7. The van der Waals surface area contributed by atoms with Crippen molar-refractivity contribution in [3.05, 3.63) is 64.6 Å². The second-order valence-electron chi connectivity index (χ2n) is 5.01. The Hall–Kier alpha value is -2.07. The van der Waals surface area contributed by atoms with Gasteiger partial charge < -0.3 is 14.6 Å². The normalized spacial score (nSPS) is 12.1. The average molecular weight is 286 g/mol. The summed E-state index contributed by atoms with van der Waals surface area (Å²) < 4.78 is 7.32. The molecule has 0 fully saturated rings. The van der Waals surface area contributed by atoms with Gasteiger partial charge in [-0.05, 0) is 30.7 Å². The fourth-order valence-electron chi connectivity index (χ4n) is 2.24. The maximum atomic E-state index is 11.2. The fourth-order valence-corrected chi connectivity index (χ4v) is 2.24. The number of hydrogen-bond donors (Lipinski definition) is 1. The van der Waals surface area contributed by atoms with Crippen molar-refractivity contribution in [1.29, 1.82) is 0 Å². The number of hydrogen-bond acceptors (Lipinski definition) is 3. The summed E-state index contributed by atoms with van der Waals surface area (Å²) in [5, 5.41) is 3.55. The second-order valence-corrected chi connectivity index (χ2v) is 5.01. The van der Waals surface area contributed by atoms with Crippen LogP contribution in [-0.4, -0.2) is 18.2 Å². The largest absolute Gasteiger partial charge is 0.497 e. The fraction of sp³-hybridized carbons (Fsp3) is 0.353. The van der Waals surface area contributed by atoms with Gasteiger partial charge in [-0.3, -0.25) is 4.79 Å². The monoisotopic (exact) mass is 286 g/mol. The Bertz CT molecular complexity index is 602. The van der Waals surface area contributed by atoms with Crippen LogP contribution in [0, 0.1) is 0 Å². The standard InChI is InChI=1S/C17H22N2O2/c1-3-9-18-17(13-19-10-7-15(20)8-11-19)14-5-4-6-16(12-14)21-2/h4-8,10-12,17-18H,3,9,13H2,1-2H3. The van der Waals surface area contributed by atoms with Crippen LogP contribution in [0.4, 0.5) is 0 Å². The van der Waals surface area contributed by atoms with E-state index < -0.39 is 0 Å². The average Bonchev–Trinajstić information content (AvgIpc) is 2.53. The molecule has 0 aliphatic heterocycles. The van der Waals surface area contributed by atoms with Crippen molar-refractivity contribution in [2.45, 2.75) is 25.9 Å². The van der Waals surface area contributed by atoms with Crippen molar-refractivity contribution in [3.63, 3.8) is 0 Å². The zero-order valence-electron chi connectivity index (χ0n) is 12.6. The number of methoxy groups -OCH3 is 1. The van der Waals surface area contributed by atoms with Gasteiger partial charge in [-0.2, -0.15) is 0 Å². The smallest absolute Gasteiger partial charge is 0.181 e. The van der Waals surface area contributed by atoms with E-state index in [1.807, 2.05) is 29.1 Å². The van der Waals surface area contributed by atoms with Crippen LogP contribution in [0.3, 0.4) is 0 Å². The molecule has 21 heavy (non-hydrogen) atoms. The van der Waals surface area contributed by atoms with Gasteiger partial charge in [-0.1, -0.05) is 19.1 Å². The molecule has 1 unspecified atom stereocenters. The van der Waals surface area contributed by atoms with Crippen molar-refractivity contribution in [2.75, 3.05) is 13.7 Å². The molecule has 4 heteroatoms.